The van der Waals surface area contributed by atoms with Crippen molar-refractivity contribution in [3.8, 4) is 27.9 Å². The molecule has 0 radical (unpaired) electrons. The molecule has 248 valence electrons. The van der Waals surface area contributed by atoms with E-state index in [0.717, 1.165) is 27.8 Å². The molecule has 12 rings (SSSR count). The average Bonchev–Trinajstić information content (AvgIpc) is 3.84. The van der Waals surface area contributed by atoms with Crippen molar-refractivity contribution < 1.29 is 0 Å². The van der Waals surface area contributed by atoms with Gasteiger partial charge in [-0.1, -0.05) is 123 Å². The van der Waals surface area contributed by atoms with Gasteiger partial charge in [0.1, 0.15) is 5.65 Å². The van der Waals surface area contributed by atoms with Gasteiger partial charge in [-0.3, -0.25) is 4.40 Å². The summed E-state index contributed by atoms with van der Waals surface area (Å²) in [7, 11) is 0. The first-order chi connectivity index (χ1) is 26.1. The highest BCUT2D eigenvalue weighted by molar-refractivity contribution is 6.22. The molecule has 0 bridgehead atoms. The Hall–Kier alpha value is -6.71. The van der Waals surface area contributed by atoms with Crippen LogP contribution in [-0.2, 0) is 5.41 Å². The molecule has 0 unspecified atom stereocenters. The molecule has 3 aromatic heterocycles. The fourth-order valence-electron chi connectivity index (χ4n) is 9.64. The molecule has 0 N–H and O–H groups in total. The quantitative estimate of drug-likeness (QED) is 0.167. The van der Waals surface area contributed by atoms with Gasteiger partial charge in [0.05, 0.1) is 27.6 Å². The van der Waals surface area contributed by atoms with Gasteiger partial charge in [-0.05, 0) is 98.8 Å². The van der Waals surface area contributed by atoms with Crippen LogP contribution in [0, 0.1) is 0 Å². The van der Waals surface area contributed by atoms with Gasteiger partial charge < -0.3 is 4.57 Å². The number of fused-ring (bicyclic) bond motifs is 16. The molecular formula is C50H33N3. The second-order valence-electron chi connectivity index (χ2n) is 15.2. The summed E-state index contributed by atoms with van der Waals surface area (Å²) in [6, 6.07) is 60.5. The van der Waals surface area contributed by atoms with E-state index in [0.29, 0.717) is 0 Å². The van der Waals surface area contributed by atoms with E-state index in [1.54, 1.807) is 0 Å². The summed E-state index contributed by atoms with van der Waals surface area (Å²) in [5.41, 5.74) is 15.8. The van der Waals surface area contributed by atoms with Gasteiger partial charge in [-0.15, -0.1) is 0 Å². The van der Waals surface area contributed by atoms with Gasteiger partial charge in [0.2, 0.25) is 0 Å². The Kier molecular flexibility index (Phi) is 5.57. The third kappa shape index (κ3) is 3.76. The van der Waals surface area contributed by atoms with Crippen LogP contribution < -0.4 is 0 Å². The Morgan fingerprint density at radius 2 is 1.09 bits per heavy atom. The highest BCUT2D eigenvalue weighted by atomic mass is 15.0. The van der Waals surface area contributed by atoms with Crippen molar-refractivity contribution in [2.24, 2.45) is 0 Å². The molecule has 0 saturated heterocycles. The lowest BCUT2D eigenvalue weighted by Crippen LogP contribution is -2.14. The van der Waals surface area contributed by atoms with Crippen LogP contribution in [0.25, 0.3) is 98.9 Å². The first-order valence-electron chi connectivity index (χ1n) is 18.5. The monoisotopic (exact) mass is 675 g/mol. The van der Waals surface area contributed by atoms with Crippen molar-refractivity contribution in [2.45, 2.75) is 19.3 Å². The van der Waals surface area contributed by atoms with Crippen LogP contribution in [0.2, 0.25) is 0 Å². The lowest BCUT2D eigenvalue weighted by Gasteiger charge is -2.22. The molecule has 1 aliphatic rings. The van der Waals surface area contributed by atoms with E-state index >= 15 is 0 Å². The van der Waals surface area contributed by atoms with Gasteiger partial charge in [0.15, 0.2) is 0 Å². The van der Waals surface area contributed by atoms with E-state index in [1.165, 1.54) is 82.2 Å². The van der Waals surface area contributed by atoms with Crippen molar-refractivity contribution >= 4 is 70.9 Å². The zero-order valence-corrected chi connectivity index (χ0v) is 29.4. The summed E-state index contributed by atoms with van der Waals surface area (Å²) in [6.07, 6.45) is 0. The van der Waals surface area contributed by atoms with Gasteiger partial charge >= 0.3 is 0 Å². The summed E-state index contributed by atoms with van der Waals surface area (Å²) in [5, 5.41) is 8.59. The minimum Gasteiger partial charge on any atom is -0.309 e. The summed E-state index contributed by atoms with van der Waals surface area (Å²) >= 11 is 0. The number of imidazole rings is 1. The second kappa shape index (κ2) is 10.2. The predicted molar refractivity (Wildman–Crippen MR) is 223 cm³/mol. The third-order valence-electron chi connectivity index (χ3n) is 12.1. The van der Waals surface area contributed by atoms with Crippen LogP contribution in [-0.4, -0.2) is 14.0 Å². The summed E-state index contributed by atoms with van der Waals surface area (Å²) in [5.74, 6) is 0. The first-order valence-corrected chi connectivity index (χ1v) is 18.5. The largest absolute Gasteiger partial charge is 0.309 e. The molecular weight excluding hydrogens is 643 g/mol. The molecule has 0 atom stereocenters. The second-order valence-corrected chi connectivity index (χ2v) is 15.2. The van der Waals surface area contributed by atoms with Gasteiger partial charge in [-0.25, -0.2) is 4.98 Å². The van der Waals surface area contributed by atoms with Crippen molar-refractivity contribution in [1.29, 1.82) is 0 Å². The van der Waals surface area contributed by atoms with Gasteiger partial charge in [0.25, 0.3) is 0 Å². The van der Waals surface area contributed by atoms with Crippen LogP contribution >= 0.6 is 0 Å². The van der Waals surface area contributed by atoms with Crippen molar-refractivity contribution in [1.82, 2.24) is 14.0 Å². The Balaban J connectivity index is 1.15. The molecule has 0 amide bonds. The Bertz CT molecular complexity index is 3370. The zero-order valence-electron chi connectivity index (χ0n) is 29.4. The SMILES string of the molecule is CC1(C)c2ccccc2-c2ccc(-c3cc4c5ccccc5n(-c5ccc6c(c5)c5ccccc5n5c7ccccc7nc65)c4c4ccccc34)cc21. The molecule has 3 nitrogen and oxygen atoms in total. The van der Waals surface area contributed by atoms with E-state index in [-0.39, 0.29) is 5.41 Å². The fourth-order valence-corrected chi connectivity index (χ4v) is 9.64. The zero-order chi connectivity index (χ0) is 35.0. The third-order valence-corrected chi connectivity index (χ3v) is 12.1. The number of hydrogen-bond acceptors (Lipinski definition) is 1. The molecule has 0 saturated carbocycles. The summed E-state index contributed by atoms with van der Waals surface area (Å²) < 4.78 is 4.81. The molecule has 53 heavy (non-hydrogen) atoms. The van der Waals surface area contributed by atoms with E-state index < -0.39 is 0 Å². The summed E-state index contributed by atoms with van der Waals surface area (Å²) in [6.45, 7) is 4.73. The topological polar surface area (TPSA) is 22.2 Å². The normalized spacial score (nSPS) is 13.6. The highest BCUT2D eigenvalue weighted by Gasteiger charge is 2.35. The Morgan fingerprint density at radius 3 is 1.94 bits per heavy atom. The van der Waals surface area contributed by atoms with Gasteiger partial charge in [0, 0.05) is 38.0 Å². The number of pyridine rings is 1. The van der Waals surface area contributed by atoms with Gasteiger partial charge in [-0.2, -0.15) is 0 Å². The molecule has 8 aromatic carbocycles. The number of aromatic nitrogens is 3. The molecule has 11 aromatic rings. The number of para-hydroxylation sites is 4. The number of nitrogens with zero attached hydrogens (tertiary/aromatic N) is 3. The minimum absolute atomic E-state index is 0.0627. The maximum atomic E-state index is 5.16. The van der Waals surface area contributed by atoms with Crippen LogP contribution in [0.1, 0.15) is 25.0 Å². The Labute approximate surface area is 306 Å². The van der Waals surface area contributed by atoms with Crippen LogP contribution in [0.4, 0.5) is 0 Å². The van der Waals surface area contributed by atoms with E-state index in [1.807, 2.05) is 0 Å². The molecule has 0 aliphatic heterocycles. The van der Waals surface area contributed by atoms with E-state index in [9.17, 15) is 0 Å². The molecule has 3 heteroatoms. The first kappa shape index (κ1) is 28.9. The number of rotatable bonds is 2. The average molecular weight is 676 g/mol. The van der Waals surface area contributed by atoms with Crippen LogP contribution in [0.5, 0.6) is 0 Å². The van der Waals surface area contributed by atoms with E-state index in [2.05, 4.69) is 187 Å². The van der Waals surface area contributed by atoms with E-state index in [4.69, 9.17) is 4.98 Å². The van der Waals surface area contributed by atoms with Crippen LogP contribution in [0.3, 0.4) is 0 Å². The maximum Gasteiger partial charge on any atom is 0.146 e. The van der Waals surface area contributed by atoms with Crippen molar-refractivity contribution in [3.63, 3.8) is 0 Å². The lowest BCUT2D eigenvalue weighted by atomic mass is 9.81. The summed E-state index contributed by atoms with van der Waals surface area (Å²) in [4.78, 5) is 5.16. The predicted octanol–water partition coefficient (Wildman–Crippen LogP) is 13.0. The van der Waals surface area contributed by atoms with Crippen molar-refractivity contribution in [2.75, 3.05) is 0 Å². The highest BCUT2D eigenvalue weighted by Crippen LogP contribution is 2.50. The molecule has 0 spiro atoms. The molecule has 1 aliphatic carbocycles. The molecule has 3 heterocycles. The lowest BCUT2D eigenvalue weighted by molar-refractivity contribution is 0.660. The number of benzene rings is 8. The fraction of sp³-hybridized carbons (Fsp3) is 0.0600. The Morgan fingerprint density at radius 1 is 0.434 bits per heavy atom. The minimum atomic E-state index is -0.0627. The number of hydrogen-bond donors (Lipinski definition) is 0. The smallest absolute Gasteiger partial charge is 0.146 e. The standard InChI is InChI=1S/C50H33N3/c1-50(2)42-18-8-5-14-33(42)34-25-23-30(27-43(34)50)39-29-41-36-16-7-10-20-45(36)52(48(41)37-17-4-3-13-32(37)39)31-24-26-38-40(28-31)35-15-6-11-21-46(35)53-47-22-12-9-19-44(47)51-49(38)53/h3-29H,1-2H3. The van der Waals surface area contributed by atoms with Crippen molar-refractivity contribution in [3.05, 3.63) is 175 Å². The maximum absolute atomic E-state index is 5.16. The molecule has 0 fully saturated rings. The van der Waals surface area contributed by atoms with Crippen LogP contribution in [0.15, 0.2) is 164 Å².